The topological polar surface area (TPSA) is 61.4 Å². The summed E-state index contributed by atoms with van der Waals surface area (Å²) in [5.41, 5.74) is 1.72. The Morgan fingerprint density at radius 1 is 1.24 bits per heavy atom. The Kier molecular flexibility index (Phi) is 4.96. The van der Waals surface area contributed by atoms with Crippen LogP contribution in [0.4, 0.5) is 5.69 Å². The van der Waals surface area contributed by atoms with E-state index >= 15 is 0 Å². The third-order valence-electron chi connectivity index (χ3n) is 3.93. The van der Waals surface area contributed by atoms with Crippen LogP contribution in [0.1, 0.15) is 12.5 Å². The minimum Gasteiger partial charge on any atom is -0.349 e. The van der Waals surface area contributed by atoms with Crippen molar-refractivity contribution in [1.29, 1.82) is 0 Å². The fraction of sp³-hybridized carbons (Fsp3) is 0.500. The van der Waals surface area contributed by atoms with Crippen molar-refractivity contribution in [1.82, 2.24) is 10.2 Å². The lowest BCUT2D eigenvalue weighted by molar-refractivity contribution is -0.128. The molecule has 0 aliphatic carbocycles. The molecule has 1 saturated heterocycles. The van der Waals surface area contributed by atoms with Crippen molar-refractivity contribution in [2.45, 2.75) is 13.3 Å². The van der Waals surface area contributed by atoms with Gasteiger partial charge in [0.15, 0.2) is 0 Å². The molecule has 0 aromatic heterocycles. The molecule has 0 spiro atoms. The second-order valence-electron chi connectivity index (χ2n) is 5.89. The second-order valence-corrected chi connectivity index (χ2v) is 5.89. The lowest BCUT2D eigenvalue weighted by Gasteiger charge is -2.14. The van der Waals surface area contributed by atoms with Gasteiger partial charge in [0.2, 0.25) is 11.8 Å². The van der Waals surface area contributed by atoms with Gasteiger partial charge >= 0.3 is 0 Å². The Labute approximate surface area is 125 Å². The summed E-state index contributed by atoms with van der Waals surface area (Å²) >= 11 is 0. The molecule has 21 heavy (non-hydrogen) atoms. The molecule has 5 heteroatoms. The van der Waals surface area contributed by atoms with Gasteiger partial charge in [-0.15, -0.1) is 0 Å². The molecule has 2 amide bonds. The Morgan fingerprint density at radius 2 is 1.90 bits per heavy atom. The number of benzene rings is 1. The van der Waals surface area contributed by atoms with Crippen LogP contribution < -0.4 is 10.6 Å². The van der Waals surface area contributed by atoms with E-state index in [2.05, 4.69) is 17.6 Å². The average Bonchev–Trinajstić information content (AvgIpc) is 2.87. The van der Waals surface area contributed by atoms with Crippen molar-refractivity contribution < 1.29 is 9.59 Å². The van der Waals surface area contributed by atoms with Gasteiger partial charge in [-0.25, -0.2) is 0 Å². The van der Waals surface area contributed by atoms with E-state index in [-0.39, 0.29) is 17.7 Å². The molecule has 0 unspecified atom stereocenters. The standard InChI is InChI=1S/C16H23N3O2/c1-11-9-17-10-14(11)16(21)18-13-6-4-12(5-7-13)8-15(20)19(2)3/h4-7,11,14,17H,8-10H2,1-3H3,(H,18,21)/t11-,14-/m1/s1. The van der Waals surface area contributed by atoms with E-state index < -0.39 is 0 Å². The number of nitrogens with one attached hydrogen (secondary N) is 2. The highest BCUT2D eigenvalue weighted by Gasteiger charge is 2.29. The summed E-state index contributed by atoms with van der Waals surface area (Å²) in [5, 5.41) is 6.17. The zero-order valence-corrected chi connectivity index (χ0v) is 12.8. The van der Waals surface area contributed by atoms with Crippen LogP contribution in [-0.2, 0) is 16.0 Å². The van der Waals surface area contributed by atoms with E-state index in [0.29, 0.717) is 12.3 Å². The lowest BCUT2D eigenvalue weighted by Crippen LogP contribution is -2.27. The van der Waals surface area contributed by atoms with Gasteiger partial charge in [0.05, 0.1) is 12.3 Å². The number of nitrogens with zero attached hydrogens (tertiary/aromatic N) is 1. The van der Waals surface area contributed by atoms with E-state index in [9.17, 15) is 9.59 Å². The second kappa shape index (κ2) is 6.72. The summed E-state index contributed by atoms with van der Waals surface area (Å²) < 4.78 is 0. The highest BCUT2D eigenvalue weighted by atomic mass is 16.2. The average molecular weight is 289 g/mol. The fourth-order valence-electron chi connectivity index (χ4n) is 2.43. The molecular weight excluding hydrogens is 266 g/mol. The number of amides is 2. The lowest BCUT2D eigenvalue weighted by atomic mass is 9.97. The van der Waals surface area contributed by atoms with Crippen molar-refractivity contribution in [3.05, 3.63) is 29.8 Å². The largest absolute Gasteiger partial charge is 0.349 e. The van der Waals surface area contributed by atoms with Crippen LogP contribution >= 0.6 is 0 Å². The van der Waals surface area contributed by atoms with E-state index in [1.54, 1.807) is 19.0 Å². The number of carbonyl (C=O) groups is 2. The molecule has 114 valence electrons. The third-order valence-corrected chi connectivity index (χ3v) is 3.93. The monoisotopic (exact) mass is 289 g/mol. The van der Waals surface area contributed by atoms with Gasteiger partial charge in [-0.2, -0.15) is 0 Å². The number of anilines is 1. The highest BCUT2D eigenvalue weighted by molar-refractivity contribution is 5.93. The summed E-state index contributed by atoms with van der Waals surface area (Å²) in [4.78, 5) is 25.4. The first-order valence-corrected chi connectivity index (χ1v) is 7.28. The predicted molar refractivity (Wildman–Crippen MR) is 83.0 cm³/mol. The summed E-state index contributed by atoms with van der Waals surface area (Å²) in [6.07, 6.45) is 0.380. The first kappa shape index (κ1) is 15.5. The SMILES string of the molecule is C[C@@H]1CNC[C@H]1C(=O)Nc1ccc(CC(=O)N(C)C)cc1. The molecule has 1 heterocycles. The van der Waals surface area contributed by atoms with Crippen molar-refractivity contribution in [3.8, 4) is 0 Å². The maximum Gasteiger partial charge on any atom is 0.229 e. The van der Waals surface area contributed by atoms with Crippen LogP contribution in [0, 0.1) is 11.8 Å². The van der Waals surface area contributed by atoms with Gasteiger partial charge < -0.3 is 15.5 Å². The zero-order valence-electron chi connectivity index (χ0n) is 12.8. The maximum atomic E-state index is 12.2. The van der Waals surface area contributed by atoms with Gasteiger partial charge in [0.25, 0.3) is 0 Å². The maximum absolute atomic E-state index is 12.2. The molecule has 1 aromatic carbocycles. The van der Waals surface area contributed by atoms with Crippen LogP contribution in [0.5, 0.6) is 0 Å². The van der Waals surface area contributed by atoms with Crippen molar-refractivity contribution in [2.75, 3.05) is 32.5 Å². The Balaban J connectivity index is 1.93. The number of hydrogen-bond acceptors (Lipinski definition) is 3. The minimum atomic E-state index is 0.0278. The normalized spacial score (nSPS) is 21.1. The Bertz CT molecular complexity index is 511. The molecular formula is C16H23N3O2. The zero-order chi connectivity index (χ0) is 15.4. The van der Waals surface area contributed by atoms with Crippen LogP contribution in [0.2, 0.25) is 0 Å². The summed E-state index contributed by atoms with van der Waals surface area (Å²) in [5.74, 6) is 0.518. The molecule has 1 fully saturated rings. The summed E-state index contributed by atoms with van der Waals surface area (Å²) in [7, 11) is 3.49. The van der Waals surface area contributed by atoms with Gasteiger partial charge in [0, 0.05) is 26.3 Å². The van der Waals surface area contributed by atoms with Crippen LogP contribution in [0.15, 0.2) is 24.3 Å². The first-order valence-electron chi connectivity index (χ1n) is 7.28. The predicted octanol–water partition coefficient (Wildman–Crippen LogP) is 1.11. The molecule has 0 bridgehead atoms. The minimum absolute atomic E-state index is 0.0278. The fourth-order valence-corrected chi connectivity index (χ4v) is 2.43. The van der Waals surface area contributed by atoms with E-state index in [1.807, 2.05) is 24.3 Å². The van der Waals surface area contributed by atoms with Gasteiger partial charge in [-0.1, -0.05) is 19.1 Å². The number of hydrogen-bond donors (Lipinski definition) is 2. The van der Waals surface area contributed by atoms with E-state index in [1.165, 1.54) is 0 Å². The molecule has 2 N–H and O–H groups in total. The van der Waals surface area contributed by atoms with Gasteiger partial charge in [0.1, 0.15) is 0 Å². The molecule has 1 aliphatic rings. The molecule has 0 saturated carbocycles. The molecule has 1 aromatic rings. The van der Waals surface area contributed by atoms with E-state index in [4.69, 9.17) is 0 Å². The first-order chi connectivity index (χ1) is 9.97. The molecule has 0 radical (unpaired) electrons. The number of carbonyl (C=O) groups excluding carboxylic acids is 2. The molecule has 2 atom stereocenters. The van der Waals surface area contributed by atoms with Crippen LogP contribution in [0.25, 0.3) is 0 Å². The van der Waals surface area contributed by atoms with Gasteiger partial charge in [-0.05, 0) is 30.2 Å². The molecule has 5 nitrogen and oxygen atoms in total. The number of rotatable bonds is 4. The van der Waals surface area contributed by atoms with Crippen molar-refractivity contribution in [3.63, 3.8) is 0 Å². The quantitative estimate of drug-likeness (QED) is 0.873. The van der Waals surface area contributed by atoms with E-state index in [0.717, 1.165) is 24.3 Å². The van der Waals surface area contributed by atoms with Crippen molar-refractivity contribution >= 4 is 17.5 Å². The number of likely N-dealkylation sites (N-methyl/N-ethyl adjacent to an activating group) is 1. The molecule has 2 rings (SSSR count). The smallest absolute Gasteiger partial charge is 0.229 e. The Hall–Kier alpha value is -1.88. The highest BCUT2D eigenvalue weighted by Crippen LogP contribution is 2.19. The van der Waals surface area contributed by atoms with Crippen LogP contribution in [-0.4, -0.2) is 43.9 Å². The van der Waals surface area contributed by atoms with Crippen LogP contribution in [0.3, 0.4) is 0 Å². The summed E-state index contributed by atoms with van der Waals surface area (Å²) in [6, 6.07) is 7.47. The van der Waals surface area contributed by atoms with Gasteiger partial charge in [-0.3, -0.25) is 9.59 Å². The Morgan fingerprint density at radius 3 is 2.43 bits per heavy atom. The van der Waals surface area contributed by atoms with Crippen molar-refractivity contribution in [2.24, 2.45) is 11.8 Å². The summed E-state index contributed by atoms with van der Waals surface area (Å²) in [6.45, 7) is 3.71. The third kappa shape index (κ3) is 4.04. The molecule has 1 aliphatic heterocycles.